The number of ether oxygens (including phenoxy) is 1. The molecule has 23 heavy (non-hydrogen) atoms. The van der Waals surface area contributed by atoms with E-state index in [1.807, 2.05) is 37.3 Å². The van der Waals surface area contributed by atoms with Crippen LogP contribution in [0.1, 0.15) is 18.9 Å². The van der Waals surface area contributed by atoms with Crippen molar-refractivity contribution in [1.82, 2.24) is 5.32 Å². The van der Waals surface area contributed by atoms with E-state index in [-0.39, 0.29) is 12.5 Å². The normalized spacial score (nSPS) is 10.1. The third-order valence-electron chi connectivity index (χ3n) is 3.40. The summed E-state index contributed by atoms with van der Waals surface area (Å²) in [4.78, 5) is 11.4. The number of anilines is 1. The molecule has 0 radical (unpaired) electrons. The third-order valence-corrected chi connectivity index (χ3v) is 3.40. The van der Waals surface area contributed by atoms with Crippen LogP contribution >= 0.6 is 0 Å². The maximum absolute atomic E-state index is 11.4. The molecule has 2 rings (SSSR count). The Balaban J connectivity index is 1.67. The van der Waals surface area contributed by atoms with E-state index < -0.39 is 0 Å². The summed E-state index contributed by atoms with van der Waals surface area (Å²) < 4.78 is 5.74. The lowest BCUT2D eigenvalue weighted by molar-refractivity contribution is -0.119. The van der Waals surface area contributed by atoms with Crippen molar-refractivity contribution in [3.63, 3.8) is 0 Å². The third kappa shape index (κ3) is 6.43. The summed E-state index contributed by atoms with van der Waals surface area (Å²) in [6, 6.07) is 18.1. The highest BCUT2D eigenvalue weighted by Crippen LogP contribution is 2.16. The highest BCUT2D eigenvalue weighted by molar-refractivity contribution is 5.80. The zero-order chi connectivity index (χ0) is 16.3. The number of hydrogen-bond donors (Lipinski definition) is 2. The van der Waals surface area contributed by atoms with E-state index in [0.717, 1.165) is 24.3 Å². The average Bonchev–Trinajstić information content (AvgIpc) is 2.59. The lowest BCUT2D eigenvalue weighted by atomic mass is 10.1. The van der Waals surface area contributed by atoms with Crippen LogP contribution in [0.3, 0.4) is 0 Å². The zero-order valence-electron chi connectivity index (χ0n) is 13.5. The summed E-state index contributed by atoms with van der Waals surface area (Å²) in [6.45, 7) is 3.53. The number of rotatable bonds is 9. The number of aryl methyl sites for hydroxylation is 1. The standard InChI is InChI=1S/C19H24N2O2/c1-2-20-19(22)15-21-17-10-12-18(13-11-17)23-14-6-9-16-7-4-3-5-8-16/h3-5,7-8,10-13,21H,2,6,9,14-15H2,1H3,(H,20,22). The first-order chi connectivity index (χ1) is 11.3. The Morgan fingerprint density at radius 2 is 1.78 bits per heavy atom. The molecule has 2 aromatic carbocycles. The van der Waals surface area contributed by atoms with E-state index in [1.165, 1.54) is 5.56 Å². The number of likely N-dealkylation sites (N-methyl/N-ethyl adjacent to an activating group) is 1. The van der Waals surface area contributed by atoms with Crippen LogP contribution in [0.15, 0.2) is 54.6 Å². The fourth-order valence-electron chi connectivity index (χ4n) is 2.22. The van der Waals surface area contributed by atoms with Crippen LogP contribution in [-0.2, 0) is 11.2 Å². The maximum atomic E-state index is 11.4. The average molecular weight is 312 g/mol. The minimum atomic E-state index is -0.00580. The van der Waals surface area contributed by atoms with Gasteiger partial charge in [0.2, 0.25) is 5.91 Å². The second-order valence-electron chi connectivity index (χ2n) is 5.27. The fraction of sp³-hybridized carbons (Fsp3) is 0.316. The van der Waals surface area contributed by atoms with Crippen molar-refractivity contribution in [3.8, 4) is 5.75 Å². The fourth-order valence-corrected chi connectivity index (χ4v) is 2.22. The van der Waals surface area contributed by atoms with E-state index in [1.54, 1.807) is 0 Å². The Labute approximate surface area is 137 Å². The maximum Gasteiger partial charge on any atom is 0.239 e. The highest BCUT2D eigenvalue weighted by atomic mass is 16.5. The summed E-state index contributed by atoms with van der Waals surface area (Å²) in [6.07, 6.45) is 2.01. The molecule has 2 aromatic rings. The van der Waals surface area contributed by atoms with Crippen LogP contribution in [0.25, 0.3) is 0 Å². The number of carbonyl (C=O) groups excluding carboxylic acids is 1. The van der Waals surface area contributed by atoms with Gasteiger partial charge in [-0.15, -0.1) is 0 Å². The predicted molar refractivity (Wildman–Crippen MR) is 93.9 cm³/mol. The summed E-state index contributed by atoms with van der Waals surface area (Å²) in [5.41, 5.74) is 2.24. The molecule has 4 nitrogen and oxygen atoms in total. The van der Waals surface area contributed by atoms with Gasteiger partial charge in [0.15, 0.2) is 0 Å². The molecular weight excluding hydrogens is 288 g/mol. The summed E-state index contributed by atoms with van der Waals surface area (Å²) in [5, 5.41) is 5.83. The van der Waals surface area contributed by atoms with Crippen molar-refractivity contribution in [3.05, 3.63) is 60.2 Å². The molecule has 0 unspecified atom stereocenters. The van der Waals surface area contributed by atoms with Crippen LogP contribution < -0.4 is 15.4 Å². The van der Waals surface area contributed by atoms with Crippen LogP contribution in [0.2, 0.25) is 0 Å². The number of amides is 1. The van der Waals surface area contributed by atoms with Gasteiger partial charge in [0.05, 0.1) is 13.2 Å². The first-order valence-electron chi connectivity index (χ1n) is 8.05. The number of benzene rings is 2. The van der Waals surface area contributed by atoms with Crippen molar-refractivity contribution < 1.29 is 9.53 Å². The van der Waals surface area contributed by atoms with Gasteiger partial charge in [0.25, 0.3) is 0 Å². The van der Waals surface area contributed by atoms with Crippen LogP contribution in [0.4, 0.5) is 5.69 Å². The minimum Gasteiger partial charge on any atom is -0.494 e. The SMILES string of the molecule is CCNC(=O)CNc1ccc(OCCCc2ccccc2)cc1. The molecule has 0 spiro atoms. The number of hydrogen-bond acceptors (Lipinski definition) is 3. The van der Waals surface area contributed by atoms with Gasteiger partial charge in [-0.1, -0.05) is 30.3 Å². The molecule has 0 atom stereocenters. The van der Waals surface area contributed by atoms with Gasteiger partial charge in [0, 0.05) is 12.2 Å². The van der Waals surface area contributed by atoms with E-state index in [4.69, 9.17) is 4.74 Å². The summed E-state index contributed by atoms with van der Waals surface area (Å²) in [5.74, 6) is 0.843. The Morgan fingerprint density at radius 3 is 2.48 bits per heavy atom. The van der Waals surface area contributed by atoms with E-state index in [9.17, 15) is 4.79 Å². The first kappa shape index (κ1) is 16.9. The quantitative estimate of drug-likeness (QED) is 0.699. The van der Waals surface area contributed by atoms with Gasteiger partial charge >= 0.3 is 0 Å². The molecule has 1 amide bonds. The predicted octanol–water partition coefficient (Wildman–Crippen LogP) is 3.25. The Kier molecular flexibility index (Phi) is 6.98. The molecule has 122 valence electrons. The van der Waals surface area contributed by atoms with E-state index in [0.29, 0.717) is 13.2 Å². The van der Waals surface area contributed by atoms with Gasteiger partial charge in [-0.3, -0.25) is 4.79 Å². The molecule has 0 fully saturated rings. The zero-order valence-corrected chi connectivity index (χ0v) is 13.5. The van der Waals surface area contributed by atoms with Crippen molar-refractivity contribution >= 4 is 11.6 Å². The smallest absolute Gasteiger partial charge is 0.239 e. The Morgan fingerprint density at radius 1 is 1.04 bits per heavy atom. The molecule has 0 bridgehead atoms. The van der Waals surface area contributed by atoms with Gasteiger partial charge in [-0.2, -0.15) is 0 Å². The largest absolute Gasteiger partial charge is 0.494 e. The van der Waals surface area contributed by atoms with E-state index >= 15 is 0 Å². The second-order valence-corrected chi connectivity index (χ2v) is 5.27. The molecule has 0 saturated heterocycles. The topological polar surface area (TPSA) is 50.4 Å². The molecule has 4 heteroatoms. The monoisotopic (exact) mass is 312 g/mol. The van der Waals surface area contributed by atoms with Crippen molar-refractivity contribution in [2.75, 3.05) is 25.0 Å². The number of carbonyl (C=O) groups is 1. The Hall–Kier alpha value is -2.49. The minimum absolute atomic E-state index is 0.00580. The molecule has 0 saturated carbocycles. The molecule has 0 aliphatic carbocycles. The first-order valence-corrected chi connectivity index (χ1v) is 8.05. The lowest BCUT2D eigenvalue weighted by Crippen LogP contribution is -2.29. The molecular formula is C19H24N2O2. The van der Waals surface area contributed by atoms with Gasteiger partial charge in [-0.05, 0) is 49.6 Å². The van der Waals surface area contributed by atoms with Gasteiger partial charge in [0.1, 0.15) is 5.75 Å². The summed E-state index contributed by atoms with van der Waals surface area (Å²) in [7, 11) is 0. The number of nitrogens with one attached hydrogen (secondary N) is 2. The molecule has 0 heterocycles. The molecule has 2 N–H and O–H groups in total. The van der Waals surface area contributed by atoms with E-state index in [2.05, 4.69) is 34.9 Å². The van der Waals surface area contributed by atoms with Crippen molar-refractivity contribution in [1.29, 1.82) is 0 Å². The van der Waals surface area contributed by atoms with Gasteiger partial charge in [-0.25, -0.2) is 0 Å². The van der Waals surface area contributed by atoms with Crippen molar-refractivity contribution in [2.45, 2.75) is 19.8 Å². The van der Waals surface area contributed by atoms with Crippen LogP contribution in [-0.4, -0.2) is 25.6 Å². The molecule has 0 aromatic heterocycles. The molecule has 0 aliphatic rings. The Bertz CT molecular complexity index is 582. The van der Waals surface area contributed by atoms with Crippen LogP contribution in [0.5, 0.6) is 5.75 Å². The molecule has 0 aliphatic heterocycles. The second kappa shape index (κ2) is 9.51. The van der Waals surface area contributed by atoms with Gasteiger partial charge < -0.3 is 15.4 Å². The highest BCUT2D eigenvalue weighted by Gasteiger charge is 2.00. The lowest BCUT2D eigenvalue weighted by Gasteiger charge is -2.09. The van der Waals surface area contributed by atoms with Crippen LogP contribution in [0, 0.1) is 0 Å². The van der Waals surface area contributed by atoms with Crippen molar-refractivity contribution in [2.24, 2.45) is 0 Å². The summed E-state index contributed by atoms with van der Waals surface area (Å²) >= 11 is 0.